The van der Waals surface area contributed by atoms with Crippen molar-refractivity contribution in [2.45, 2.75) is 13.0 Å². The molecule has 0 bridgehead atoms. The van der Waals surface area contributed by atoms with Gasteiger partial charge in [0.1, 0.15) is 12.4 Å². The summed E-state index contributed by atoms with van der Waals surface area (Å²) in [6.07, 6.45) is 2.34. The van der Waals surface area contributed by atoms with Gasteiger partial charge in [-0.1, -0.05) is 11.6 Å². The smallest absolute Gasteiger partial charge is 0.252 e. The van der Waals surface area contributed by atoms with Gasteiger partial charge in [0.2, 0.25) is 0 Å². The summed E-state index contributed by atoms with van der Waals surface area (Å²) >= 11 is 6.22. The second kappa shape index (κ2) is 5.39. The molecule has 0 saturated carbocycles. The summed E-state index contributed by atoms with van der Waals surface area (Å²) in [6, 6.07) is 5.57. The minimum Gasteiger partial charge on any atom is -0.489 e. The Bertz CT molecular complexity index is 677. The Balaban J connectivity index is 1.89. The molecule has 1 aromatic carbocycles. The fourth-order valence-corrected chi connectivity index (χ4v) is 2.27. The van der Waals surface area contributed by atoms with E-state index in [-0.39, 0.29) is 5.82 Å². The maximum Gasteiger partial charge on any atom is 0.252 e. The lowest BCUT2D eigenvalue weighted by atomic mass is 10.2. The highest BCUT2D eigenvalue weighted by Crippen LogP contribution is 2.38. The Morgan fingerprint density at radius 1 is 1.35 bits per heavy atom. The van der Waals surface area contributed by atoms with E-state index in [4.69, 9.17) is 26.3 Å². The molecule has 6 nitrogen and oxygen atoms in total. The Labute approximate surface area is 120 Å². The lowest BCUT2D eigenvalue weighted by molar-refractivity contribution is 0.297. The quantitative estimate of drug-likeness (QED) is 0.846. The average molecular weight is 291 g/mol. The number of aromatic nitrogens is 3. The number of rotatable bonds is 2. The van der Waals surface area contributed by atoms with E-state index in [1.807, 2.05) is 18.2 Å². The van der Waals surface area contributed by atoms with E-state index in [1.54, 1.807) is 4.68 Å². The van der Waals surface area contributed by atoms with E-state index in [0.29, 0.717) is 36.3 Å². The first kappa shape index (κ1) is 12.8. The predicted octanol–water partition coefficient (Wildman–Crippen LogP) is 2.01. The fraction of sp³-hybridized carbons (Fsp3) is 0.308. The molecule has 1 aliphatic heterocycles. The summed E-state index contributed by atoms with van der Waals surface area (Å²) in [4.78, 5) is 3.86. The summed E-state index contributed by atoms with van der Waals surface area (Å²) in [6.45, 7) is 1.67. The Morgan fingerprint density at radius 3 is 3.00 bits per heavy atom. The van der Waals surface area contributed by atoms with Crippen LogP contribution in [0.3, 0.4) is 0 Å². The van der Waals surface area contributed by atoms with E-state index in [9.17, 15) is 0 Å². The van der Waals surface area contributed by atoms with Crippen LogP contribution in [0.4, 0.5) is 0 Å². The van der Waals surface area contributed by atoms with E-state index in [2.05, 4.69) is 10.1 Å². The van der Waals surface area contributed by atoms with Gasteiger partial charge in [-0.2, -0.15) is 5.26 Å². The maximum atomic E-state index is 8.70. The molecular formula is C13H11ClN4O2. The highest BCUT2D eigenvalue weighted by Gasteiger charge is 2.16. The molecule has 7 heteroatoms. The number of halogens is 1. The van der Waals surface area contributed by atoms with E-state index >= 15 is 0 Å². The Hall–Kier alpha value is -2.26. The highest BCUT2D eigenvalue weighted by atomic mass is 35.5. The maximum absolute atomic E-state index is 8.70. The number of ether oxygens (including phenoxy) is 2. The zero-order valence-corrected chi connectivity index (χ0v) is 11.3. The van der Waals surface area contributed by atoms with Crippen molar-refractivity contribution in [1.82, 2.24) is 14.8 Å². The molecule has 0 atom stereocenters. The van der Waals surface area contributed by atoms with Gasteiger partial charge in [0.05, 0.1) is 24.8 Å². The van der Waals surface area contributed by atoms with Gasteiger partial charge in [0, 0.05) is 6.42 Å². The molecule has 0 saturated heterocycles. The third kappa shape index (κ3) is 2.53. The van der Waals surface area contributed by atoms with Crippen LogP contribution in [-0.4, -0.2) is 28.0 Å². The number of hydrogen-bond donors (Lipinski definition) is 0. The van der Waals surface area contributed by atoms with Crippen molar-refractivity contribution in [3.05, 3.63) is 34.9 Å². The van der Waals surface area contributed by atoms with Gasteiger partial charge >= 0.3 is 0 Å². The first-order valence-corrected chi connectivity index (χ1v) is 6.51. The number of nitriles is 1. The SMILES string of the molecule is N#Cc1ncn(Cc2cc(Cl)c3c(c2)OCCCO3)n1. The first-order chi connectivity index (χ1) is 9.76. The third-order valence-electron chi connectivity index (χ3n) is 2.84. The van der Waals surface area contributed by atoms with Gasteiger partial charge in [-0.05, 0) is 17.7 Å². The minimum atomic E-state index is 0.144. The van der Waals surface area contributed by atoms with Crippen molar-refractivity contribution >= 4 is 11.6 Å². The standard InChI is InChI=1S/C13H11ClN4O2/c14-10-4-9(7-18-8-16-12(6-15)17-18)5-11-13(10)20-3-1-2-19-11/h4-5,8H,1-3,7H2. The summed E-state index contributed by atoms with van der Waals surface area (Å²) in [5.41, 5.74) is 0.911. The van der Waals surface area contributed by atoms with Crippen LogP contribution < -0.4 is 9.47 Å². The molecule has 1 aromatic heterocycles. The zero-order valence-electron chi connectivity index (χ0n) is 10.5. The molecule has 0 unspecified atom stereocenters. The normalized spacial score (nSPS) is 13.6. The third-order valence-corrected chi connectivity index (χ3v) is 3.12. The van der Waals surface area contributed by atoms with Gasteiger partial charge in [0.15, 0.2) is 11.5 Å². The van der Waals surface area contributed by atoms with Crippen molar-refractivity contribution in [3.8, 4) is 17.6 Å². The number of fused-ring (bicyclic) bond motifs is 1. The largest absolute Gasteiger partial charge is 0.489 e. The van der Waals surface area contributed by atoms with E-state index < -0.39 is 0 Å². The fourth-order valence-electron chi connectivity index (χ4n) is 1.98. The lowest BCUT2D eigenvalue weighted by Gasteiger charge is -2.11. The highest BCUT2D eigenvalue weighted by molar-refractivity contribution is 6.32. The Kier molecular flexibility index (Phi) is 3.44. The molecule has 0 N–H and O–H groups in total. The molecule has 0 fully saturated rings. The van der Waals surface area contributed by atoms with Gasteiger partial charge in [-0.3, -0.25) is 0 Å². The van der Waals surface area contributed by atoms with Crippen LogP contribution >= 0.6 is 11.6 Å². The van der Waals surface area contributed by atoms with Crippen LogP contribution in [0, 0.1) is 11.3 Å². The van der Waals surface area contributed by atoms with Crippen LogP contribution in [0.5, 0.6) is 11.5 Å². The van der Waals surface area contributed by atoms with E-state index in [1.165, 1.54) is 6.33 Å². The topological polar surface area (TPSA) is 73.0 Å². The lowest BCUT2D eigenvalue weighted by Crippen LogP contribution is -2.02. The van der Waals surface area contributed by atoms with Crippen LogP contribution in [-0.2, 0) is 6.54 Å². The van der Waals surface area contributed by atoms with Crippen LogP contribution in [0.25, 0.3) is 0 Å². The summed E-state index contributed by atoms with van der Waals surface area (Å²) < 4.78 is 12.8. The van der Waals surface area contributed by atoms with Gasteiger partial charge in [-0.25, -0.2) is 9.67 Å². The summed E-state index contributed by atoms with van der Waals surface area (Å²) in [5.74, 6) is 1.38. The van der Waals surface area contributed by atoms with E-state index in [0.717, 1.165) is 12.0 Å². The molecule has 2 heterocycles. The molecule has 20 heavy (non-hydrogen) atoms. The van der Waals surface area contributed by atoms with Crippen LogP contribution in [0.2, 0.25) is 5.02 Å². The number of hydrogen-bond acceptors (Lipinski definition) is 5. The molecule has 102 valence electrons. The van der Waals surface area contributed by atoms with Crippen molar-refractivity contribution in [3.63, 3.8) is 0 Å². The second-order valence-electron chi connectivity index (χ2n) is 4.33. The zero-order chi connectivity index (χ0) is 13.9. The molecular weight excluding hydrogens is 280 g/mol. The van der Waals surface area contributed by atoms with Crippen molar-refractivity contribution in [1.29, 1.82) is 5.26 Å². The summed E-state index contributed by atoms with van der Waals surface area (Å²) in [5, 5.41) is 13.2. The predicted molar refractivity (Wildman–Crippen MR) is 70.9 cm³/mol. The molecule has 0 radical (unpaired) electrons. The van der Waals surface area contributed by atoms with Gasteiger partial charge in [-0.15, -0.1) is 5.10 Å². The van der Waals surface area contributed by atoms with Crippen molar-refractivity contribution in [2.24, 2.45) is 0 Å². The van der Waals surface area contributed by atoms with Gasteiger partial charge < -0.3 is 9.47 Å². The monoisotopic (exact) mass is 290 g/mol. The minimum absolute atomic E-state index is 0.144. The first-order valence-electron chi connectivity index (χ1n) is 6.14. The molecule has 0 spiro atoms. The molecule has 3 rings (SSSR count). The van der Waals surface area contributed by atoms with Crippen molar-refractivity contribution < 1.29 is 9.47 Å². The van der Waals surface area contributed by atoms with Crippen molar-refractivity contribution in [2.75, 3.05) is 13.2 Å². The second-order valence-corrected chi connectivity index (χ2v) is 4.74. The number of nitrogens with zero attached hydrogens (tertiary/aromatic N) is 4. The average Bonchev–Trinajstić information content (AvgIpc) is 2.74. The van der Waals surface area contributed by atoms with Gasteiger partial charge in [0.25, 0.3) is 5.82 Å². The molecule has 2 aromatic rings. The van der Waals surface area contributed by atoms with Crippen LogP contribution in [0.15, 0.2) is 18.5 Å². The number of benzene rings is 1. The Morgan fingerprint density at radius 2 is 2.20 bits per heavy atom. The molecule has 0 aliphatic carbocycles. The molecule has 0 amide bonds. The molecule has 1 aliphatic rings. The summed E-state index contributed by atoms with van der Waals surface area (Å²) in [7, 11) is 0. The van der Waals surface area contributed by atoms with Crippen LogP contribution in [0.1, 0.15) is 17.8 Å².